The highest BCUT2D eigenvalue weighted by Crippen LogP contribution is 2.21. The second kappa shape index (κ2) is 4.31. The number of rotatable bonds is 3. The molecule has 0 heterocycles. The number of aliphatic hydroxyl groups excluding tert-OH is 1. The molecule has 82 valence electrons. The number of carbonyl (C=O) groups is 1. The number of aliphatic hydroxyl groups is 1. The summed E-state index contributed by atoms with van der Waals surface area (Å²) in [5.41, 5.74) is -0.456. The van der Waals surface area contributed by atoms with Crippen LogP contribution in [0.5, 0.6) is 0 Å². The van der Waals surface area contributed by atoms with Crippen molar-refractivity contribution in [2.75, 3.05) is 0 Å². The summed E-state index contributed by atoms with van der Waals surface area (Å²) in [4.78, 5) is 10.2. The first-order valence-electron chi connectivity index (χ1n) is 3.92. The van der Waals surface area contributed by atoms with Crippen molar-refractivity contribution in [3.8, 4) is 0 Å². The summed E-state index contributed by atoms with van der Waals surface area (Å²) in [5, 5.41) is 17.3. The second-order valence-electron chi connectivity index (χ2n) is 2.89. The van der Waals surface area contributed by atoms with E-state index in [1.165, 1.54) is 0 Å². The number of aliphatic carboxylic acids is 1. The molecule has 1 aromatic carbocycles. The van der Waals surface area contributed by atoms with Gasteiger partial charge in [0.2, 0.25) is 6.17 Å². The number of carboxylic acids is 1. The summed E-state index contributed by atoms with van der Waals surface area (Å²) < 4.78 is 38.0. The van der Waals surface area contributed by atoms with Crippen molar-refractivity contribution in [3.63, 3.8) is 0 Å². The minimum atomic E-state index is -2.62. The van der Waals surface area contributed by atoms with Crippen molar-refractivity contribution >= 4 is 5.97 Å². The van der Waals surface area contributed by atoms with Crippen molar-refractivity contribution in [1.82, 2.24) is 0 Å². The summed E-state index contributed by atoms with van der Waals surface area (Å²) in [7, 11) is 0. The van der Waals surface area contributed by atoms with E-state index in [0.717, 1.165) is 0 Å². The molecule has 1 rings (SSSR count). The molecule has 2 atom stereocenters. The standard InChI is InChI=1S/C9H7F3O3/c10-5-1-4(2-6(11)3-5)8(13)7(12)9(14)15/h1-3,7-8,13H,(H,14,15). The zero-order chi connectivity index (χ0) is 11.6. The van der Waals surface area contributed by atoms with Gasteiger partial charge in [0, 0.05) is 6.07 Å². The summed E-state index contributed by atoms with van der Waals surface area (Å²) in [6.07, 6.45) is -4.71. The van der Waals surface area contributed by atoms with Crippen molar-refractivity contribution in [3.05, 3.63) is 35.4 Å². The Morgan fingerprint density at radius 3 is 2.07 bits per heavy atom. The molecule has 0 aliphatic heterocycles. The zero-order valence-electron chi connectivity index (χ0n) is 7.32. The van der Waals surface area contributed by atoms with Crippen molar-refractivity contribution in [2.24, 2.45) is 0 Å². The largest absolute Gasteiger partial charge is 0.479 e. The molecule has 0 bridgehead atoms. The predicted octanol–water partition coefficient (Wildman–Crippen LogP) is 1.42. The van der Waals surface area contributed by atoms with Gasteiger partial charge in [-0.2, -0.15) is 0 Å². The minimum absolute atomic E-state index is 0.456. The van der Waals surface area contributed by atoms with E-state index in [9.17, 15) is 18.0 Å². The van der Waals surface area contributed by atoms with E-state index >= 15 is 0 Å². The normalized spacial score (nSPS) is 14.7. The number of halogens is 3. The maximum atomic E-state index is 12.8. The van der Waals surface area contributed by atoms with Crippen molar-refractivity contribution in [2.45, 2.75) is 12.3 Å². The van der Waals surface area contributed by atoms with E-state index in [1.807, 2.05) is 0 Å². The first-order chi connectivity index (χ1) is 6.91. The van der Waals surface area contributed by atoms with Crippen LogP contribution >= 0.6 is 0 Å². The highest BCUT2D eigenvalue weighted by molar-refractivity contribution is 5.73. The van der Waals surface area contributed by atoms with E-state index < -0.39 is 35.4 Å². The van der Waals surface area contributed by atoms with Gasteiger partial charge in [-0.1, -0.05) is 0 Å². The van der Waals surface area contributed by atoms with E-state index in [4.69, 9.17) is 10.2 Å². The van der Waals surface area contributed by atoms with Gasteiger partial charge in [0.25, 0.3) is 0 Å². The summed E-state index contributed by atoms with van der Waals surface area (Å²) in [5.74, 6) is -3.92. The Kier molecular flexibility index (Phi) is 3.31. The Hall–Kier alpha value is -1.56. The minimum Gasteiger partial charge on any atom is -0.479 e. The Morgan fingerprint density at radius 1 is 1.20 bits per heavy atom. The monoisotopic (exact) mass is 220 g/mol. The van der Waals surface area contributed by atoms with Gasteiger partial charge < -0.3 is 10.2 Å². The van der Waals surface area contributed by atoms with Crippen LogP contribution < -0.4 is 0 Å². The van der Waals surface area contributed by atoms with Crippen LogP contribution in [0.25, 0.3) is 0 Å². The van der Waals surface area contributed by atoms with Crippen LogP contribution in [-0.4, -0.2) is 22.4 Å². The lowest BCUT2D eigenvalue weighted by Crippen LogP contribution is -2.23. The maximum absolute atomic E-state index is 12.8. The van der Waals surface area contributed by atoms with Crippen molar-refractivity contribution < 1.29 is 28.2 Å². The van der Waals surface area contributed by atoms with Gasteiger partial charge in [0.1, 0.15) is 17.7 Å². The topological polar surface area (TPSA) is 57.5 Å². The van der Waals surface area contributed by atoms with E-state index in [-0.39, 0.29) is 0 Å². The van der Waals surface area contributed by atoms with Crippen LogP contribution in [0.2, 0.25) is 0 Å². The van der Waals surface area contributed by atoms with Crippen LogP contribution in [0.1, 0.15) is 11.7 Å². The molecule has 2 unspecified atom stereocenters. The molecule has 0 aliphatic carbocycles. The van der Waals surface area contributed by atoms with Gasteiger partial charge in [0.15, 0.2) is 0 Å². The quantitative estimate of drug-likeness (QED) is 0.809. The lowest BCUT2D eigenvalue weighted by molar-refractivity contribution is -0.147. The van der Waals surface area contributed by atoms with Crippen LogP contribution in [0.4, 0.5) is 13.2 Å². The number of carboxylic acid groups (broad SMARTS) is 1. The molecule has 2 N–H and O–H groups in total. The average Bonchev–Trinajstić information content (AvgIpc) is 2.13. The third kappa shape index (κ3) is 2.69. The average molecular weight is 220 g/mol. The first kappa shape index (κ1) is 11.5. The number of hydrogen-bond donors (Lipinski definition) is 2. The Bertz CT molecular complexity index is 361. The predicted molar refractivity (Wildman–Crippen MR) is 43.8 cm³/mol. The summed E-state index contributed by atoms with van der Waals surface area (Å²) in [6.45, 7) is 0. The van der Waals surface area contributed by atoms with Gasteiger partial charge in [0.05, 0.1) is 0 Å². The Labute approximate surface area is 82.8 Å². The Balaban J connectivity index is 3.00. The number of hydrogen-bond acceptors (Lipinski definition) is 2. The molecule has 0 spiro atoms. The fraction of sp³-hybridized carbons (Fsp3) is 0.222. The van der Waals surface area contributed by atoms with Gasteiger partial charge in [-0.15, -0.1) is 0 Å². The highest BCUT2D eigenvalue weighted by Gasteiger charge is 2.27. The summed E-state index contributed by atoms with van der Waals surface area (Å²) in [6, 6.07) is 1.87. The molecule has 0 saturated carbocycles. The number of benzene rings is 1. The second-order valence-corrected chi connectivity index (χ2v) is 2.89. The molecule has 0 amide bonds. The maximum Gasteiger partial charge on any atom is 0.341 e. The molecule has 15 heavy (non-hydrogen) atoms. The first-order valence-corrected chi connectivity index (χ1v) is 3.92. The van der Waals surface area contributed by atoms with Gasteiger partial charge in [-0.25, -0.2) is 18.0 Å². The number of alkyl halides is 1. The molecule has 0 radical (unpaired) electrons. The van der Waals surface area contributed by atoms with Crippen LogP contribution in [0.3, 0.4) is 0 Å². The van der Waals surface area contributed by atoms with Gasteiger partial charge in [-0.3, -0.25) is 0 Å². The van der Waals surface area contributed by atoms with Crippen LogP contribution in [-0.2, 0) is 4.79 Å². The molecule has 0 fully saturated rings. The fourth-order valence-electron chi connectivity index (χ4n) is 1.05. The van der Waals surface area contributed by atoms with Crippen LogP contribution in [0.15, 0.2) is 18.2 Å². The SMILES string of the molecule is O=C(O)C(F)C(O)c1cc(F)cc(F)c1. The molecule has 6 heteroatoms. The third-order valence-corrected chi connectivity index (χ3v) is 1.74. The van der Waals surface area contributed by atoms with E-state index in [2.05, 4.69) is 0 Å². The lowest BCUT2D eigenvalue weighted by Gasteiger charge is -2.12. The van der Waals surface area contributed by atoms with Gasteiger partial charge >= 0.3 is 5.97 Å². The van der Waals surface area contributed by atoms with Crippen molar-refractivity contribution in [1.29, 1.82) is 0 Å². The fourth-order valence-corrected chi connectivity index (χ4v) is 1.05. The van der Waals surface area contributed by atoms with E-state index in [0.29, 0.717) is 18.2 Å². The molecular formula is C9H7F3O3. The molecule has 0 aromatic heterocycles. The smallest absolute Gasteiger partial charge is 0.341 e. The molecule has 0 aliphatic rings. The van der Waals surface area contributed by atoms with E-state index in [1.54, 1.807) is 0 Å². The highest BCUT2D eigenvalue weighted by atomic mass is 19.1. The zero-order valence-corrected chi connectivity index (χ0v) is 7.32. The summed E-state index contributed by atoms with van der Waals surface area (Å²) >= 11 is 0. The van der Waals surface area contributed by atoms with Gasteiger partial charge in [-0.05, 0) is 17.7 Å². The third-order valence-electron chi connectivity index (χ3n) is 1.74. The van der Waals surface area contributed by atoms with Crippen LogP contribution in [0, 0.1) is 11.6 Å². The molecule has 0 saturated heterocycles. The lowest BCUT2D eigenvalue weighted by atomic mass is 10.1. The molecular weight excluding hydrogens is 213 g/mol. The molecule has 3 nitrogen and oxygen atoms in total. The molecule has 1 aromatic rings. The Morgan fingerprint density at radius 2 is 1.67 bits per heavy atom.